The molecule has 0 saturated carbocycles. The van der Waals surface area contributed by atoms with Crippen molar-refractivity contribution >= 4 is 68.7 Å². The van der Waals surface area contributed by atoms with E-state index in [0.29, 0.717) is 6.61 Å². The van der Waals surface area contributed by atoms with Gasteiger partial charge in [0.25, 0.3) is 0 Å². The molecule has 0 amide bonds. The number of ether oxygens (including phenoxy) is 2. The summed E-state index contributed by atoms with van der Waals surface area (Å²) < 4.78 is 13.4. The molecule has 0 aliphatic carbocycles. The minimum atomic E-state index is -0.933. The van der Waals surface area contributed by atoms with Crippen LogP contribution in [0, 0.1) is 7.14 Å². The van der Waals surface area contributed by atoms with Gasteiger partial charge in [0.2, 0.25) is 0 Å². The molecule has 1 fully saturated rings. The lowest BCUT2D eigenvalue weighted by Gasteiger charge is -2.28. The van der Waals surface area contributed by atoms with Gasteiger partial charge in [0.05, 0.1) is 31.6 Å². The number of halogens is 2. The molecule has 6 nitrogen and oxygen atoms in total. The summed E-state index contributed by atoms with van der Waals surface area (Å²) in [6.07, 6.45) is 1.86. The summed E-state index contributed by atoms with van der Waals surface area (Å²) in [7, 11) is 0. The van der Waals surface area contributed by atoms with Crippen LogP contribution in [0.25, 0.3) is 0 Å². The summed E-state index contributed by atoms with van der Waals surface area (Å²) in [5.74, 6) is -0.123. The molecule has 1 aliphatic rings. The minimum Gasteiger partial charge on any atom is -0.487 e. The fourth-order valence-corrected chi connectivity index (χ4v) is 5.54. The van der Waals surface area contributed by atoms with E-state index < -0.39 is 5.97 Å². The lowest BCUT2D eigenvalue weighted by atomic mass is 10.1. The predicted octanol–water partition coefficient (Wildman–Crippen LogP) is 5.76. The molecule has 0 radical (unpaired) electrons. The van der Waals surface area contributed by atoms with Gasteiger partial charge in [-0.3, -0.25) is 4.99 Å². The van der Waals surface area contributed by atoms with Crippen LogP contribution >= 0.6 is 45.2 Å². The summed E-state index contributed by atoms with van der Waals surface area (Å²) in [4.78, 5) is 17.9. The number of benzene rings is 3. The quantitative estimate of drug-likeness (QED) is 0.256. The van der Waals surface area contributed by atoms with E-state index in [0.717, 1.165) is 56.0 Å². The highest BCUT2D eigenvalue weighted by molar-refractivity contribution is 14.1. The first-order valence-corrected chi connectivity index (χ1v) is 12.6. The van der Waals surface area contributed by atoms with Crippen LogP contribution in [0.15, 0.2) is 65.7 Å². The Morgan fingerprint density at radius 3 is 2.27 bits per heavy atom. The first-order valence-electron chi connectivity index (χ1n) is 10.4. The fourth-order valence-electron chi connectivity index (χ4n) is 3.41. The number of carboxylic acid groups (broad SMARTS) is 1. The number of rotatable bonds is 7. The van der Waals surface area contributed by atoms with E-state index in [2.05, 4.69) is 67.2 Å². The molecule has 3 aromatic rings. The Morgan fingerprint density at radius 2 is 1.67 bits per heavy atom. The van der Waals surface area contributed by atoms with E-state index in [-0.39, 0.29) is 5.56 Å². The van der Waals surface area contributed by atoms with Gasteiger partial charge < -0.3 is 19.5 Å². The zero-order chi connectivity index (χ0) is 23.2. The SMILES string of the molecule is O=C(O)c1ccc(COc2c(I)cc(C=Nc3ccc(N4CCOCC4)cc3)cc2I)cc1. The van der Waals surface area contributed by atoms with Gasteiger partial charge in [0.15, 0.2) is 0 Å². The van der Waals surface area contributed by atoms with Crippen LogP contribution in [0.2, 0.25) is 0 Å². The van der Waals surface area contributed by atoms with Crippen molar-refractivity contribution in [1.29, 1.82) is 0 Å². The van der Waals surface area contributed by atoms with Crippen LogP contribution < -0.4 is 9.64 Å². The summed E-state index contributed by atoms with van der Waals surface area (Å²) in [5.41, 5.74) is 4.28. The molecule has 3 aromatic carbocycles. The molecule has 0 bridgehead atoms. The number of carboxylic acids is 1. The van der Waals surface area contributed by atoms with Gasteiger partial charge in [0, 0.05) is 25.0 Å². The highest BCUT2D eigenvalue weighted by Gasteiger charge is 2.11. The molecule has 1 saturated heterocycles. The molecule has 1 aliphatic heterocycles. The molecule has 8 heteroatoms. The smallest absolute Gasteiger partial charge is 0.335 e. The number of aliphatic imine (C=N–C) groups is 1. The molecule has 0 atom stereocenters. The third-order valence-corrected chi connectivity index (χ3v) is 6.80. The molecule has 0 spiro atoms. The Morgan fingerprint density at radius 1 is 1.03 bits per heavy atom. The van der Waals surface area contributed by atoms with E-state index in [1.807, 2.05) is 30.5 Å². The molecule has 170 valence electrons. The van der Waals surface area contributed by atoms with Gasteiger partial charge in [-0.15, -0.1) is 0 Å². The van der Waals surface area contributed by atoms with Gasteiger partial charge >= 0.3 is 5.97 Å². The van der Waals surface area contributed by atoms with Crippen molar-refractivity contribution in [1.82, 2.24) is 0 Å². The highest BCUT2D eigenvalue weighted by atomic mass is 127. The number of carbonyl (C=O) groups is 1. The van der Waals surface area contributed by atoms with Gasteiger partial charge in [-0.05, 0) is 105 Å². The van der Waals surface area contributed by atoms with Crippen molar-refractivity contribution in [2.24, 2.45) is 4.99 Å². The maximum atomic E-state index is 11.0. The van der Waals surface area contributed by atoms with Gasteiger partial charge in [-0.2, -0.15) is 0 Å². The first kappa shape index (κ1) is 24.0. The highest BCUT2D eigenvalue weighted by Crippen LogP contribution is 2.30. The van der Waals surface area contributed by atoms with Crippen LogP contribution in [-0.4, -0.2) is 43.6 Å². The number of aromatic carboxylic acids is 1. The summed E-state index contributed by atoms with van der Waals surface area (Å²) in [6, 6.07) is 19.1. The average Bonchev–Trinajstić information content (AvgIpc) is 2.83. The van der Waals surface area contributed by atoms with Gasteiger partial charge in [-0.1, -0.05) is 12.1 Å². The molecule has 33 heavy (non-hydrogen) atoms. The predicted molar refractivity (Wildman–Crippen MR) is 146 cm³/mol. The molecule has 4 rings (SSSR count). The average molecular weight is 668 g/mol. The van der Waals surface area contributed by atoms with Gasteiger partial charge in [0.1, 0.15) is 12.4 Å². The summed E-state index contributed by atoms with van der Waals surface area (Å²) in [5, 5.41) is 9.02. The van der Waals surface area contributed by atoms with E-state index in [9.17, 15) is 4.79 Å². The van der Waals surface area contributed by atoms with Crippen molar-refractivity contribution in [2.75, 3.05) is 31.2 Å². The Balaban J connectivity index is 1.40. The largest absolute Gasteiger partial charge is 0.487 e. The Bertz CT molecular complexity index is 1120. The van der Waals surface area contributed by atoms with Crippen LogP contribution in [0.3, 0.4) is 0 Å². The normalized spacial score (nSPS) is 13.9. The first-order chi connectivity index (χ1) is 16.0. The second kappa shape index (κ2) is 11.3. The van der Waals surface area contributed by atoms with Crippen molar-refractivity contribution in [3.05, 3.63) is 84.5 Å². The number of hydrogen-bond acceptors (Lipinski definition) is 5. The molecule has 1 N–H and O–H groups in total. The maximum Gasteiger partial charge on any atom is 0.335 e. The third kappa shape index (κ3) is 6.45. The second-order valence-electron chi connectivity index (χ2n) is 7.48. The third-order valence-electron chi connectivity index (χ3n) is 5.19. The maximum absolute atomic E-state index is 11.0. The van der Waals surface area contributed by atoms with E-state index in [1.54, 1.807) is 24.3 Å². The molecular formula is C25H22I2N2O4. The van der Waals surface area contributed by atoms with Crippen molar-refractivity contribution in [3.63, 3.8) is 0 Å². The van der Waals surface area contributed by atoms with Crippen molar-refractivity contribution in [3.8, 4) is 5.75 Å². The van der Waals surface area contributed by atoms with Crippen LogP contribution in [0.4, 0.5) is 11.4 Å². The summed E-state index contributed by atoms with van der Waals surface area (Å²) >= 11 is 4.53. The van der Waals surface area contributed by atoms with E-state index in [1.165, 1.54) is 5.69 Å². The molecule has 1 heterocycles. The summed E-state index contributed by atoms with van der Waals surface area (Å²) in [6.45, 7) is 3.75. The van der Waals surface area contributed by atoms with Crippen molar-refractivity contribution in [2.45, 2.75) is 6.61 Å². The minimum absolute atomic E-state index is 0.266. The van der Waals surface area contributed by atoms with Crippen LogP contribution in [-0.2, 0) is 11.3 Å². The monoisotopic (exact) mass is 668 g/mol. The standard InChI is InChI=1S/C25H22I2N2O4/c26-22-13-18(15-28-20-5-7-21(8-6-20)29-9-11-32-12-10-29)14-23(27)24(22)33-16-17-1-3-19(4-2-17)25(30)31/h1-8,13-15H,9-12,16H2,(H,30,31). The molecule has 0 aromatic heterocycles. The van der Waals surface area contributed by atoms with E-state index >= 15 is 0 Å². The molecule has 0 unspecified atom stereocenters. The van der Waals surface area contributed by atoms with Crippen LogP contribution in [0.5, 0.6) is 5.75 Å². The van der Waals surface area contributed by atoms with Crippen molar-refractivity contribution < 1.29 is 19.4 Å². The van der Waals surface area contributed by atoms with Crippen LogP contribution in [0.1, 0.15) is 21.5 Å². The number of nitrogens with zero attached hydrogens (tertiary/aromatic N) is 2. The zero-order valence-electron chi connectivity index (χ0n) is 17.7. The second-order valence-corrected chi connectivity index (χ2v) is 9.80. The number of hydrogen-bond donors (Lipinski definition) is 1. The Labute approximate surface area is 219 Å². The number of anilines is 1. The van der Waals surface area contributed by atoms with E-state index in [4.69, 9.17) is 14.6 Å². The lowest BCUT2D eigenvalue weighted by Crippen LogP contribution is -2.36. The Kier molecular flexibility index (Phi) is 8.20. The zero-order valence-corrected chi connectivity index (χ0v) is 22.0. The fraction of sp³-hybridized carbons (Fsp3) is 0.200. The van der Waals surface area contributed by atoms with Gasteiger partial charge in [-0.25, -0.2) is 4.79 Å². The topological polar surface area (TPSA) is 71.4 Å². The molecular weight excluding hydrogens is 646 g/mol. The Hall–Kier alpha value is -2.18. The number of morpholine rings is 1. The lowest BCUT2D eigenvalue weighted by molar-refractivity contribution is 0.0697.